The number of nitrogens with zero attached hydrogens (tertiary/aromatic N) is 4. The van der Waals surface area contributed by atoms with Gasteiger partial charge in [0.1, 0.15) is 11.5 Å². The van der Waals surface area contributed by atoms with E-state index >= 15 is 0 Å². The van der Waals surface area contributed by atoms with E-state index in [1.165, 1.54) is 6.34 Å². The lowest BCUT2D eigenvalue weighted by Crippen LogP contribution is -2.36. The highest BCUT2D eigenvalue weighted by Gasteiger charge is 2.26. The minimum atomic E-state index is -3.20. The number of carbonyl (C=O) groups is 1. The van der Waals surface area contributed by atoms with Crippen molar-refractivity contribution in [2.45, 2.75) is 32.8 Å². The number of esters is 1. The summed E-state index contributed by atoms with van der Waals surface area (Å²) in [6.45, 7) is 7.68. The molecule has 10 nitrogen and oxygen atoms in total. The zero-order chi connectivity index (χ0) is 21.3. The van der Waals surface area contributed by atoms with Gasteiger partial charge in [0.25, 0.3) is 0 Å². The van der Waals surface area contributed by atoms with Gasteiger partial charge in [0.05, 0.1) is 45.2 Å². The van der Waals surface area contributed by atoms with Crippen LogP contribution in [-0.4, -0.2) is 72.4 Å². The van der Waals surface area contributed by atoms with E-state index in [4.69, 9.17) is 25.4 Å². The second kappa shape index (κ2) is 11.7. The highest BCUT2D eigenvalue weighted by molar-refractivity contribution is 7.53. The number of carbonyl (C=O) groups excluding carboxylic acids is 1. The minimum absolute atomic E-state index is 0.0794. The molecular weight excluding hydrogens is 421 g/mol. The van der Waals surface area contributed by atoms with Gasteiger partial charge in [-0.15, -0.1) is 0 Å². The smallest absolute Gasteiger partial charge is 0.331 e. The Morgan fingerprint density at radius 2 is 2.00 bits per heavy atom. The Balaban J connectivity index is 2.02. The first-order valence-corrected chi connectivity index (χ1v) is 11.8. The van der Waals surface area contributed by atoms with Crippen LogP contribution in [0.15, 0.2) is 11.3 Å². The molecule has 2 heterocycles. The van der Waals surface area contributed by atoms with Crippen LogP contribution in [0.4, 0.5) is 5.82 Å². The zero-order valence-corrected chi connectivity index (χ0v) is 18.7. The van der Waals surface area contributed by atoms with Crippen molar-refractivity contribution in [1.29, 1.82) is 0 Å². The molecule has 1 atom stereocenters. The summed E-state index contributed by atoms with van der Waals surface area (Å²) in [6, 6.07) is 0. The summed E-state index contributed by atoms with van der Waals surface area (Å²) in [4.78, 5) is 22.2. The number of fused-ring (bicyclic) bond motifs is 1. The van der Waals surface area contributed by atoms with Gasteiger partial charge in [0.2, 0.25) is 0 Å². The minimum Gasteiger partial charge on any atom is -0.465 e. The number of aliphatic imine (C=N–C) groups is 1. The van der Waals surface area contributed by atoms with Crippen molar-refractivity contribution in [3.8, 4) is 0 Å². The molecule has 0 aliphatic carbocycles. The van der Waals surface area contributed by atoms with Gasteiger partial charge in [0.15, 0.2) is 5.50 Å². The summed E-state index contributed by atoms with van der Waals surface area (Å²) in [6.07, 6.45) is 3.40. The second-order valence-corrected chi connectivity index (χ2v) is 8.78. The number of rotatable bonds is 13. The molecule has 164 valence electrons. The summed E-state index contributed by atoms with van der Waals surface area (Å²) in [5, 5.41) is 3.05. The summed E-state index contributed by atoms with van der Waals surface area (Å²) in [7, 11) is -3.20. The molecule has 2 rings (SSSR count). The van der Waals surface area contributed by atoms with Crippen LogP contribution in [0, 0.1) is 0 Å². The van der Waals surface area contributed by atoms with E-state index < -0.39 is 13.1 Å². The molecular formula is C17H29ClN5O5P. The molecule has 0 fully saturated rings. The van der Waals surface area contributed by atoms with Crippen molar-refractivity contribution in [3.05, 3.63) is 12.0 Å². The number of ether oxygens (including phenoxy) is 1. The summed E-state index contributed by atoms with van der Waals surface area (Å²) >= 11 is 6.14. The van der Waals surface area contributed by atoms with E-state index in [0.29, 0.717) is 45.1 Å². The number of anilines is 1. The van der Waals surface area contributed by atoms with Gasteiger partial charge in [-0.25, -0.2) is 9.98 Å². The van der Waals surface area contributed by atoms with E-state index in [2.05, 4.69) is 15.3 Å². The number of alkyl halides is 1. The maximum Gasteiger partial charge on any atom is 0.331 e. The van der Waals surface area contributed by atoms with Gasteiger partial charge < -0.3 is 23.7 Å². The average molecular weight is 450 g/mol. The Morgan fingerprint density at radius 3 is 2.66 bits per heavy atom. The highest BCUT2D eigenvalue weighted by atomic mass is 35.5. The highest BCUT2D eigenvalue weighted by Crippen LogP contribution is 2.47. The number of halogens is 1. The fourth-order valence-corrected chi connectivity index (χ4v) is 4.73. The number of imidazole rings is 1. The number of nitrogens with one attached hydrogen (secondary N) is 1. The summed E-state index contributed by atoms with van der Waals surface area (Å²) < 4.78 is 30.4. The van der Waals surface area contributed by atoms with E-state index in [9.17, 15) is 9.36 Å². The first-order valence-electron chi connectivity index (χ1n) is 9.65. The van der Waals surface area contributed by atoms with E-state index in [0.717, 1.165) is 5.82 Å². The molecule has 1 aromatic rings. The van der Waals surface area contributed by atoms with Crippen LogP contribution in [0.3, 0.4) is 0 Å². The Kier molecular flexibility index (Phi) is 9.58. The molecule has 1 aliphatic rings. The third kappa shape index (κ3) is 7.08. The maximum absolute atomic E-state index is 12.7. The lowest BCUT2D eigenvalue weighted by molar-refractivity contribution is -0.144. The molecule has 1 aliphatic heterocycles. The molecule has 0 saturated carbocycles. The lowest BCUT2D eigenvalue weighted by Gasteiger charge is -2.24. The molecule has 0 bridgehead atoms. The average Bonchev–Trinajstić information content (AvgIpc) is 3.09. The van der Waals surface area contributed by atoms with Crippen LogP contribution in [0.2, 0.25) is 0 Å². The van der Waals surface area contributed by atoms with Crippen molar-refractivity contribution < 1.29 is 23.1 Å². The standard InChI is InChI=1S/C17H29ClN5O5P/c1-4-26-14(24)11-22(9-10-29(25,27-5-2)28-6-3)7-8-23-13-21-15-16(18)19-12-20-17(15)23/h12-13,16H,4-11H2,1-3H3,(H,19,20). The molecule has 29 heavy (non-hydrogen) atoms. The van der Waals surface area contributed by atoms with Crippen molar-refractivity contribution in [1.82, 2.24) is 14.5 Å². The molecule has 12 heteroatoms. The molecule has 1 unspecified atom stereocenters. The maximum atomic E-state index is 12.7. The first kappa shape index (κ1) is 23.8. The van der Waals surface area contributed by atoms with Crippen LogP contribution in [0.1, 0.15) is 32.0 Å². The van der Waals surface area contributed by atoms with Gasteiger partial charge >= 0.3 is 13.6 Å². The monoisotopic (exact) mass is 449 g/mol. The van der Waals surface area contributed by atoms with Crippen LogP contribution in [-0.2, 0) is 29.7 Å². The van der Waals surface area contributed by atoms with E-state index in [1.54, 1.807) is 27.1 Å². The second-order valence-electron chi connectivity index (χ2n) is 6.18. The van der Waals surface area contributed by atoms with E-state index in [1.807, 2.05) is 9.47 Å². The predicted molar refractivity (Wildman–Crippen MR) is 112 cm³/mol. The van der Waals surface area contributed by atoms with Gasteiger partial charge in [-0.3, -0.25) is 14.3 Å². The van der Waals surface area contributed by atoms with Crippen LogP contribution < -0.4 is 5.32 Å². The molecule has 0 amide bonds. The number of hydrogen-bond acceptors (Lipinski definition) is 9. The van der Waals surface area contributed by atoms with Gasteiger partial charge in [-0.1, -0.05) is 11.6 Å². The fraction of sp³-hybridized carbons (Fsp3) is 0.706. The molecule has 1 N–H and O–H groups in total. The SMILES string of the molecule is CCOC(=O)CN(CCn1cnc2c1NC=NC2Cl)CCP(=O)(OCC)OCC. The van der Waals surface area contributed by atoms with Crippen LogP contribution in [0.5, 0.6) is 0 Å². The molecule has 0 spiro atoms. The number of aromatic nitrogens is 2. The predicted octanol–water partition coefficient (Wildman–Crippen LogP) is 2.71. The van der Waals surface area contributed by atoms with Crippen LogP contribution in [0.25, 0.3) is 0 Å². The molecule has 1 aromatic heterocycles. The fourth-order valence-electron chi connectivity index (χ4n) is 2.87. The van der Waals surface area contributed by atoms with Crippen LogP contribution >= 0.6 is 19.2 Å². The van der Waals surface area contributed by atoms with Gasteiger partial charge in [-0.05, 0) is 20.8 Å². The Morgan fingerprint density at radius 1 is 1.28 bits per heavy atom. The topological polar surface area (TPSA) is 107 Å². The Bertz CT molecular complexity index is 734. The largest absolute Gasteiger partial charge is 0.465 e. The van der Waals surface area contributed by atoms with Crippen molar-refractivity contribution >= 4 is 37.3 Å². The Labute approximate surface area is 176 Å². The molecule has 0 radical (unpaired) electrons. The lowest BCUT2D eigenvalue weighted by atomic mass is 10.4. The third-order valence-electron chi connectivity index (χ3n) is 4.16. The third-order valence-corrected chi connectivity index (χ3v) is 6.53. The molecule has 0 saturated heterocycles. The summed E-state index contributed by atoms with van der Waals surface area (Å²) in [5.41, 5.74) is 0.134. The zero-order valence-electron chi connectivity index (χ0n) is 17.0. The van der Waals surface area contributed by atoms with Gasteiger partial charge in [0, 0.05) is 19.6 Å². The first-order chi connectivity index (χ1) is 13.9. The molecule has 0 aromatic carbocycles. The quantitative estimate of drug-likeness (QED) is 0.212. The van der Waals surface area contributed by atoms with E-state index in [-0.39, 0.29) is 18.7 Å². The van der Waals surface area contributed by atoms with Crippen molar-refractivity contribution in [2.75, 3.05) is 50.9 Å². The van der Waals surface area contributed by atoms with Crippen molar-refractivity contribution in [3.63, 3.8) is 0 Å². The normalized spacial score (nSPS) is 16.0. The Hall–Kier alpha value is -1.45. The van der Waals surface area contributed by atoms with Gasteiger partial charge in [-0.2, -0.15) is 0 Å². The number of hydrogen-bond donors (Lipinski definition) is 1. The van der Waals surface area contributed by atoms with Crippen molar-refractivity contribution in [2.24, 2.45) is 4.99 Å². The summed E-state index contributed by atoms with van der Waals surface area (Å²) in [5.74, 6) is 0.430.